The molecule has 1 heterocycles. The monoisotopic (exact) mass is 239 g/mol. The zero-order chi connectivity index (χ0) is 11.7. The number of nitrogens with zero attached hydrogens (tertiary/aromatic N) is 2. The summed E-state index contributed by atoms with van der Waals surface area (Å²) < 4.78 is 15.4. The van der Waals surface area contributed by atoms with Crippen molar-refractivity contribution in [1.82, 2.24) is 9.55 Å². The molecule has 0 aliphatic heterocycles. The van der Waals surface area contributed by atoms with Gasteiger partial charge in [-0.15, -0.1) is 0 Å². The smallest absolute Gasteiger partial charge is 0.165 e. The maximum atomic E-state index is 13.8. The third-order valence-corrected chi connectivity index (χ3v) is 2.62. The molecule has 84 valence electrons. The van der Waals surface area contributed by atoms with Gasteiger partial charge in [-0.3, -0.25) is 4.57 Å². The van der Waals surface area contributed by atoms with E-state index in [1.54, 1.807) is 22.9 Å². The van der Waals surface area contributed by atoms with Gasteiger partial charge in [0, 0.05) is 6.04 Å². The predicted molar refractivity (Wildman–Crippen MR) is 61.1 cm³/mol. The lowest BCUT2D eigenvalue weighted by Gasteiger charge is -2.11. The molecule has 2 rings (SSSR count). The number of aromatic nitrogens is 2. The van der Waals surface area contributed by atoms with Crippen LogP contribution in [0.5, 0.6) is 0 Å². The molecule has 0 radical (unpaired) electrons. The SMILES string of the molecule is C[C@H](N)c1cncn1-c1cccc(Cl)c1F. The van der Waals surface area contributed by atoms with Crippen LogP contribution in [0.1, 0.15) is 18.7 Å². The first-order valence-corrected chi connectivity index (χ1v) is 5.21. The zero-order valence-electron chi connectivity index (χ0n) is 8.69. The third kappa shape index (κ3) is 1.81. The van der Waals surface area contributed by atoms with Crippen molar-refractivity contribution in [1.29, 1.82) is 0 Å². The summed E-state index contributed by atoms with van der Waals surface area (Å²) in [6.07, 6.45) is 3.14. The highest BCUT2D eigenvalue weighted by atomic mass is 35.5. The molecule has 0 saturated heterocycles. The number of halogens is 2. The second kappa shape index (κ2) is 4.23. The van der Waals surface area contributed by atoms with E-state index in [9.17, 15) is 4.39 Å². The lowest BCUT2D eigenvalue weighted by atomic mass is 10.2. The van der Waals surface area contributed by atoms with Crippen LogP contribution in [-0.4, -0.2) is 9.55 Å². The van der Waals surface area contributed by atoms with Crippen molar-refractivity contribution in [3.63, 3.8) is 0 Å². The largest absolute Gasteiger partial charge is 0.323 e. The maximum absolute atomic E-state index is 13.8. The van der Waals surface area contributed by atoms with Crippen LogP contribution < -0.4 is 5.73 Å². The van der Waals surface area contributed by atoms with Gasteiger partial charge in [0.15, 0.2) is 5.82 Å². The molecule has 0 saturated carbocycles. The Morgan fingerprint density at radius 2 is 2.25 bits per heavy atom. The predicted octanol–water partition coefficient (Wildman–Crippen LogP) is 2.68. The van der Waals surface area contributed by atoms with Crippen molar-refractivity contribution in [2.24, 2.45) is 5.73 Å². The van der Waals surface area contributed by atoms with Crippen molar-refractivity contribution < 1.29 is 4.39 Å². The minimum absolute atomic E-state index is 0.0850. The molecule has 16 heavy (non-hydrogen) atoms. The summed E-state index contributed by atoms with van der Waals surface area (Å²) in [5, 5.41) is 0.0850. The van der Waals surface area contributed by atoms with Crippen LogP contribution in [0.25, 0.3) is 5.69 Å². The average Bonchev–Trinajstić information content (AvgIpc) is 2.70. The molecule has 1 aromatic heterocycles. The first-order chi connectivity index (χ1) is 7.61. The summed E-state index contributed by atoms with van der Waals surface area (Å²) >= 11 is 5.72. The highest BCUT2D eigenvalue weighted by Crippen LogP contribution is 2.23. The van der Waals surface area contributed by atoms with Crippen molar-refractivity contribution >= 4 is 11.6 Å². The van der Waals surface area contributed by atoms with Gasteiger partial charge in [0.05, 0.1) is 28.9 Å². The molecule has 5 heteroatoms. The first kappa shape index (κ1) is 11.1. The molecule has 0 bridgehead atoms. The van der Waals surface area contributed by atoms with E-state index in [-0.39, 0.29) is 11.1 Å². The molecule has 0 aliphatic rings. The normalized spacial score (nSPS) is 12.8. The molecule has 0 unspecified atom stereocenters. The van der Waals surface area contributed by atoms with Gasteiger partial charge in [-0.2, -0.15) is 0 Å². The fourth-order valence-corrected chi connectivity index (χ4v) is 1.69. The van der Waals surface area contributed by atoms with Gasteiger partial charge >= 0.3 is 0 Å². The van der Waals surface area contributed by atoms with E-state index in [2.05, 4.69) is 4.98 Å². The Morgan fingerprint density at radius 3 is 2.94 bits per heavy atom. The third-order valence-electron chi connectivity index (χ3n) is 2.32. The number of imidazole rings is 1. The number of hydrogen-bond acceptors (Lipinski definition) is 2. The van der Waals surface area contributed by atoms with Crippen LogP contribution in [0, 0.1) is 5.82 Å². The molecule has 0 spiro atoms. The van der Waals surface area contributed by atoms with Crippen LogP contribution >= 0.6 is 11.6 Å². The summed E-state index contributed by atoms with van der Waals surface area (Å²) in [7, 11) is 0. The first-order valence-electron chi connectivity index (χ1n) is 4.83. The number of hydrogen-bond donors (Lipinski definition) is 1. The highest BCUT2D eigenvalue weighted by Gasteiger charge is 2.13. The minimum Gasteiger partial charge on any atom is -0.323 e. The Bertz CT molecular complexity index is 508. The second-order valence-corrected chi connectivity index (χ2v) is 3.96. The van der Waals surface area contributed by atoms with E-state index in [0.717, 1.165) is 5.69 Å². The molecular weight excluding hydrogens is 229 g/mol. The summed E-state index contributed by atoms with van der Waals surface area (Å²) in [5.74, 6) is -0.468. The Morgan fingerprint density at radius 1 is 1.50 bits per heavy atom. The lowest BCUT2D eigenvalue weighted by molar-refractivity contribution is 0.612. The Kier molecular flexibility index (Phi) is 2.94. The van der Waals surface area contributed by atoms with Crippen LogP contribution in [0.3, 0.4) is 0 Å². The number of benzene rings is 1. The Balaban J connectivity index is 2.59. The highest BCUT2D eigenvalue weighted by molar-refractivity contribution is 6.30. The quantitative estimate of drug-likeness (QED) is 0.876. The van der Waals surface area contributed by atoms with Crippen molar-refractivity contribution in [2.45, 2.75) is 13.0 Å². The van der Waals surface area contributed by atoms with Crippen molar-refractivity contribution in [3.8, 4) is 5.69 Å². The zero-order valence-corrected chi connectivity index (χ0v) is 9.45. The van der Waals surface area contributed by atoms with Crippen LogP contribution in [0.4, 0.5) is 4.39 Å². The van der Waals surface area contributed by atoms with Gasteiger partial charge in [0.25, 0.3) is 0 Å². The summed E-state index contributed by atoms with van der Waals surface area (Å²) in [4.78, 5) is 3.96. The van der Waals surface area contributed by atoms with Gasteiger partial charge in [-0.05, 0) is 19.1 Å². The molecule has 1 atom stereocenters. The van der Waals surface area contributed by atoms with Crippen LogP contribution in [0.15, 0.2) is 30.7 Å². The molecule has 0 aliphatic carbocycles. The molecule has 2 N–H and O–H groups in total. The summed E-state index contributed by atoms with van der Waals surface area (Å²) in [6.45, 7) is 1.82. The van der Waals surface area contributed by atoms with E-state index in [4.69, 9.17) is 17.3 Å². The second-order valence-electron chi connectivity index (χ2n) is 3.55. The van der Waals surface area contributed by atoms with Gasteiger partial charge in [-0.1, -0.05) is 17.7 Å². The van der Waals surface area contributed by atoms with E-state index >= 15 is 0 Å². The molecule has 0 amide bonds. The van der Waals surface area contributed by atoms with Crippen molar-refractivity contribution in [2.75, 3.05) is 0 Å². The van der Waals surface area contributed by atoms with E-state index in [1.165, 1.54) is 12.4 Å². The summed E-state index contributed by atoms with van der Waals surface area (Å²) in [5.41, 5.74) is 6.86. The maximum Gasteiger partial charge on any atom is 0.165 e. The number of rotatable bonds is 2. The summed E-state index contributed by atoms with van der Waals surface area (Å²) in [6, 6.07) is 4.60. The van der Waals surface area contributed by atoms with Gasteiger partial charge in [0.1, 0.15) is 0 Å². The topological polar surface area (TPSA) is 43.8 Å². The number of nitrogens with two attached hydrogens (primary N) is 1. The van der Waals surface area contributed by atoms with Gasteiger partial charge in [-0.25, -0.2) is 9.37 Å². The molecular formula is C11H11ClFN3. The van der Waals surface area contributed by atoms with E-state index in [0.29, 0.717) is 5.69 Å². The minimum atomic E-state index is -0.468. The Hall–Kier alpha value is -1.39. The van der Waals surface area contributed by atoms with Crippen LogP contribution in [0.2, 0.25) is 5.02 Å². The molecule has 2 aromatic rings. The molecule has 1 aromatic carbocycles. The van der Waals surface area contributed by atoms with E-state index in [1.807, 2.05) is 6.92 Å². The Labute approximate surface area is 97.7 Å². The van der Waals surface area contributed by atoms with E-state index < -0.39 is 5.82 Å². The van der Waals surface area contributed by atoms with Crippen molar-refractivity contribution in [3.05, 3.63) is 47.3 Å². The molecule has 0 fully saturated rings. The van der Waals surface area contributed by atoms with Gasteiger partial charge < -0.3 is 5.73 Å². The molecule has 3 nitrogen and oxygen atoms in total. The standard InChI is InChI=1S/C11H11ClFN3/c1-7(14)10-5-15-6-16(10)9-4-2-3-8(12)11(9)13/h2-7H,14H2,1H3/t7-/m0/s1. The lowest BCUT2D eigenvalue weighted by Crippen LogP contribution is -2.11. The van der Waals surface area contributed by atoms with Gasteiger partial charge in [0.2, 0.25) is 0 Å². The fraction of sp³-hybridized carbons (Fsp3) is 0.182. The average molecular weight is 240 g/mol. The van der Waals surface area contributed by atoms with Crippen LogP contribution in [-0.2, 0) is 0 Å². The fourth-order valence-electron chi connectivity index (χ4n) is 1.52.